The summed E-state index contributed by atoms with van der Waals surface area (Å²) in [6, 6.07) is 17.0. The Labute approximate surface area is 107 Å². The third-order valence-corrected chi connectivity index (χ3v) is 4.12. The van der Waals surface area contributed by atoms with Gasteiger partial charge >= 0.3 is 5.97 Å². The van der Waals surface area contributed by atoms with Gasteiger partial charge in [0.15, 0.2) is 4.32 Å². The van der Waals surface area contributed by atoms with Gasteiger partial charge in [-0.2, -0.15) is 0 Å². The molecule has 0 aromatic heterocycles. The molecule has 1 aliphatic heterocycles. The summed E-state index contributed by atoms with van der Waals surface area (Å²) < 4.78 is 4.42. The highest BCUT2D eigenvalue weighted by Crippen LogP contribution is 2.48. The van der Waals surface area contributed by atoms with E-state index in [-0.39, 0.29) is 5.97 Å². The topological polar surface area (TPSA) is 26.3 Å². The summed E-state index contributed by atoms with van der Waals surface area (Å²) >= 11 is 3.54. The van der Waals surface area contributed by atoms with E-state index < -0.39 is 4.32 Å². The molecule has 17 heavy (non-hydrogen) atoms. The van der Waals surface area contributed by atoms with Crippen LogP contribution in [0.1, 0.15) is 11.1 Å². The van der Waals surface area contributed by atoms with Gasteiger partial charge in [0, 0.05) is 5.56 Å². The first-order valence-corrected chi connectivity index (χ1v) is 6.08. The maximum atomic E-state index is 12.1. The molecule has 0 radical (unpaired) electrons. The van der Waals surface area contributed by atoms with Gasteiger partial charge in [0.05, 0.1) is 0 Å². The van der Waals surface area contributed by atoms with E-state index in [0.29, 0.717) is 5.75 Å². The van der Waals surface area contributed by atoms with Crippen LogP contribution in [0.25, 0.3) is 0 Å². The maximum absolute atomic E-state index is 12.1. The summed E-state index contributed by atoms with van der Waals surface area (Å²) in [4.78, 5) is 12.1. The minimum absolute atomic E-state index is 0.287. The van der Waals surface area contributed by atoms with Crippen LogP contribution >= 0.6 is 15.9 Å². The fourth-order valence-corrected chi connectivity index (χ4v) is 2.73. The van der Waals surface area contributed by atoms with Crippen molar-refractivity contribution in [3.05, 3.63) is 65.7 Å². The van der Waals surface area contributed by atoms with Gasteiger partial charge in [-0.1, -0.05) is 64.5 Å². The standard InChI is InChI=1S/C14H9BrO2/c15-14(10-6-2-1-3-7-10)11-8-4-5-9-12(11)17-13(14)16/h1-9H. The molecule has 1 atom stereocenters. The number of carbonyl (C=O) groups excluding carboxylic acids is 1. The largest absolute Gasteiger partial charge is 0.425 e. The van der Waals surface area contributed by atoms with Crippen LogP contribution in [0.15, 0.2) is 54.6 Å². The SMILES string of the molecule is O=C1Oc2ccccc2C1(Br)c1ccccc1. The van der Waals surface area contributed by atoms with Crippen molar-refractivity contribution in [3.8, 4) is 5.75 Å². The monoisotopic (exact) mass is 288 g/mol. The zero-order valence-electron chi connectivity index (χ0n) is 8.89. The van der Waals surface area contributed by atoms with Gasteiger partial charge in [0.2, 0.25) is 0 Å². The number of fused-ring (bicyclic) bond motifs is 1. The Balaban J connectivity index is 2.24. The second-order valence-corrected chi connectivity index (χ2v) is 5.10. The molecule has 0 saturated heterocycles. The smallest absolute Gasteiger partial charge is 0.337 e. The molecule has 0 amide bonds. The number of ether oxygens (including phenoxy) is 1. The second kappa shape index (κ2) is 3.70. The van der Waals surface area contributed by atoms with Crippen LogP contribution < -0.4 is 4.74 Å². The number of esters is 1. The van der Waals surface area contributed by atoms with E-state index in [9.17, 15) is 4.79 Å². The third kappa shape index (κ3) is 1.42. The van der Waals surface area contributed by atoms with Gasteiger partial charge < -0.3 is 4.74 Å². The van der Waals surface area contributed by atoms with E-state index in [1.54, 1.807) is 6.07 Å². The van der Waals surface area contributed by atoms with Crippen LogP contribution in [0.5, 0.6) is 5.75 Å². The Morgan fingerprint density at radius 1 is 0.941 bits per heavy atom. The van der Waals surface area contributed by atoms with Crippen molar-refractivity contribution < 1.29 is 9.53 Å². The van der Waals surface area contributed by atoms with Crippen molar-refractivity contribution in [1.82, 2.24) is 0 Å². The summed E-state index contributed by atoms with van der Waals surface area (Å²) in [6.45, 7) is 0. The van der Waals surface area contributed by atoms with Crippen molar-refractivity contribution in [2.75, 3.05) is 0 Å². The number of alkyl halides is 1. The molecule has 84 valence electrons. The Kier molecular flexibility index (Phi) is 2.30. The van der Waals surface area contributed by atoms with Gasteiger partial charge in [-0.15, -0.1) is 0 Å². The normalized spacial score (nSPS) is 22.1. The molecule has 0 spiro atoms. The quantitative estimate of drug-likeness (QED) is 0.457. The predicted octanol–water partition coefficient (Wildman–Crippen LogP) is 3.24. The van der Waals surface area contributed by atoms with Gasteiger partial charge in [-0.3, -0.25) is 0 Å². The van der Waals surface area contributed by atoms with Crippen molar-refractivity contribution in [1.29, 1.82) is 0 Å². The molecule has 0 bridgehead atoms. The van der Waals surface area contributed by atoms with Gasteiger partial charge in [0.25, 0.3) is 0 Å². The number of carbonyl (C=O) groups is 1. The molecule has 2 aromatic carbocycles. The number of benzene rings is 2. The van der Waals surface area contributed by atoms with Crippen LogP contribution in [0.4, 0.5) is 0 Å². The van der Waals surface area contributed by atoms with Crippen molar-refractivity contribution >= 4 is 21.9 Å². The van der Waals surface area contributed by atoms with Crippen LogP contribution in [0.2, 0.25) is 0 Å². The predicted molar refractivity (Wildman–Crippen MR) is 68.2 cm³/mol. The average Bonchev–Trinajstić information content (AvgIpc) is 2.64. The van der Waals surface area contributed by atoms with Crippen LogP contribution in [-0.2, 0) is 9.12 Å². The van der Waals surface area contributed by atoms with E-state index in [1.807, 2.05) is 48.5 Å². The van der Waals surface area contributed by atoms with E-state index in [0.717, 1.165) is 11.1 Å². The van der Waals surface area contributed by atoms with Crippen LogP contribution in [0, 0.1) is 0 Å². The lowest BCUT2D eigenvalue weighted by Gasteiger charge is -2.18. The highest BCUT2D eigenvalue weighted by molar-refractivity contribution is 9.10. The molecule has 0 N–H and O–H groups in total. The van der Waals surface area contributed by atoms with Crippen molar-refractivity contribution in [2.24, 2.45) is 0 Å². The third-order valence-electron chi connectivity index (χ3n) is 2.91. The van der Waals surface area contributed by atoms with E-state index in [1.165, 1.54) is 0 Å². The van der Waals surface area contributed by atoms with Gasteiger partial charge in [-0.05, 0) is 11.6 Å². The molecule has 0 saturated carbocycles. The summed E-state index contributed by atoms with van der Waals surface area (Å²) in [5.41, 5.74) is 1.74. The summed E-state index contributed by atoms with van der Waals surface area (Å²) in [6.07, 6.45) is 0. The molecule has 1 heterocycles. The molecule has 0 fully saturated rings. The van der Waals surface area contributed by atoms with Crippen LogP contribution in [0.3, 0.4) is 0 Å². The Bertz CT molecular complexity index is 580. The zero-order valence-corrected chi connectivity index (χ0v) is 10.5. The molecule has 2 aromatic rings. The molecule has 0 aliphatic carbocycles. The molecular formula is C14H9BrO2. The Morgan fingerprint density at radius 3 is 2.35 bits per heavy atom. The van der Waals surface area contributed by atoms with E-state index in [2.05, 4.69) is 15.9 Å². The highest BCUT2D eigenvalue weighted by Gasteiger charge is 2.48. The minimum Gasteiger partial charge on any atom is -0.425 e. The number of hydrogen-bond donors (Lipinski definition) is 0. The lowest BCUT2D eigenvalue weighted by Crippen LogP contribution is -2.28. The minimum atomic E-state index is -0.870. The highest BCUT2D eigenvalue weighted by atomic mass is 79.9. The van der Waals surface area contributed by atoms with E-state index >= 15 is 0 Å². The molecular weight excluding hydrogens is 280 g/mol. The zero-order chi connectivity index (χ0) is 11.9. The fourth-order valence-electron chi connectivity index (χ4n) is 2.06. The summed E-state index contributed by atoms with van der Waals surface area (Å²) in [7, 11) is 0. The molecule has 1 aliphatic rings. The number of rotatable bonds is 1. The van der Waals surface area contributed by atoms with Gasteiger partial charge in [-0.25, -0.2) is 4.79 Å². The number of para-hydroxylation sites is 1. The van der Waals surface area contributed by atoms with Gasteiger partial charge in [0.1, 0.15) is 5.75 Å². The van der Waals surface area contributed by atoms with Crippen molar-refractivity contribution in [3.63, 3.8) is 0 Å². The van der Waals surface area contributed by atoms with E-state index in [4.69, 9.17) is 4.74 Å². The Morgan fingerprint density at radius 2 is 1.59 bits per heavy atom. The first-order valence-electron chi connectivity index (χ1n) is 5.29. The Hall–Kier alpha value is -1.61. The van der Waals surface area contributed by atoms with Crippen molar-refractivity contribution in [2.45, 2.75) is 4.32 Å². The first-order chi connectivity index (χ1) is 8.23. The molecule has 2 nitrogen and oxygen atoms in total. The molecule has 3 heteroatoms. The second-order valence-electron chi connectivity index (χ2n) is 3.91. The van der Waals surface area contributed by atoms with Crippen LogP contribution in [-0.4, -0.2) is 5.97 Å². The lowest BCUT2D eigenvalue weighted by molar-refractivity contribution is -0.133. The lowest BCUT2D eigenvalue weighted by atomic mass is 9.92. The number of hydrogen-bond acceptors (Lipinski definition) is 2. The summed E-state index contributed by atoms with van der Waals surface area (Å²) in [5.74, 6) is 0.336. The number of halogens is 1. The summed E-state index contributed by atoms with van der Waals surface area (Å²) in [5, 5.41) is 0. The molecule has 3 rings (SSSR count). The molecule has 1 unspecified atom stereocenters. The fraction of sp³-hybridized carbons (Fsp3) is 0.0714. The first kappa shape index (κ1) is 10.5. The average molecular weight is 289 g/mol. The maximum Gasteiger partial charge on any atom is 0.337 e.